The molecule has 1 aliphatic heterocycles. The van der Waals surface area contributed by atoms with Crippen LogP contribution in [0.5, 0.6) is 5.75 Å². The largest absolute Gasteiger partial charge is 0.494 e. The Labute approximate surface area is 221 Å². The summed E-state index contributed by atoms with van der Waals surface area (Å²) in [5, 5.41) is 4.83. The normalized spacial score (nSPS) is 14.8. The molecule has 37 heavy (non-hydrogen) atoms. The minimum Gasteiger partial charge on any atom is -0.494 e. The minimum atomic E-state index is 0.372. The third-order valence-corrected chi connectivity index (χ3v) is 7.25. The van der Waals surface area contributed by atoms with Crippen LogP contribution >= 0.6 is 11.6 Å². The summed E-state index contributed by atoms with van der Waals surface area (Å²) in [5.41, 5.74) is 17.7. The lowest BCUT2D eigenvalue weighted by atomic mass is 10.1. The van der Waals surface area contributed by atoms with Gasteiger partial charge in [0.1, 0.15) is 5.75 Å². The van der Waals surface area contributed by atoms with E-state index in [0.29, 0.717) is 39.2 Å². The number of anilines is 3. The quantitative estimate of drug-likeness (QED) is 0.354. The Balaban J connectivity index is 1.51. The summed E-state index contributed by atoms with van der Waals surface area (Å²) in [6, 6.07) is 7.69. The molecule has 0 unspecified atom stereocenters. The van der Waals surface area contributed by atoms with Gasteiger partial charge in [-0.15, -0.1) is 0 Å². The van der Waals surface area contributed by atoms with Crippen LogP contribution in [0.15, 0.2) is 42.9 Å². The van der Waals surface area contributed by atoms with Gasteiger partial charge in [-0.05, 0) is 19.2 Å². The zero-order valence-electron chi connectivity index (χ0n) is 21.4. The number of pyridine rings is 1. The molecule has 0 atom stereocenters. The van der Waals surface area contributed by atoms with Crippen LogP contribution in [-0.4, -0.2) is 89.9 Å². The maximum Gasteiger partial charge on any atom is 0.164 e. The number of nitrogens with two attached hydrogens (primary N) is 2. The lowest BCUT2D eigenvalue weighted by Gasteiger charge is -2.34. The second-order valence-electron chi connectivity index (χ2n) is 9.35. The average Bonchev–Trinajstić information content (AvgIpc) is 3.33. The molecule has 194 valence electrons. The molecule has 0 bridgehead atoms. The molecule has 1 aliphatic rings. The summed E-state index contributed by atoms with van der Waals surface area (Å²) in [6.07, 6.45) is 5.18. The Morgan fingerprint density at radius 3 is 2.65 bits per heavy atom. The molecule has 4 aromatic rings. The van der Waals surface area contributed by atoms with Crippen molar-refractivity contribution >= 4 is 34.2 Å². The molecule has 10 nitrogen and oxygen atoms in total. The first-order chi connectivity index (χ1) is 17.9. The monoisotopic (exact) mass is 521 g/mol. The number of rotatable bonds is 7. The first kappa shape index (κ1) is 25.1. The molecule has 0 aliphatic carbocycles. The predicted molar refractivity (Wildman–Crippen MR) is 149 cm³/mol. The average molecular weight is 522 g/mol. The van der Waals surface area contributed by atoms with Crippen molar-refractivity contribution in [2.45, 2.75) is 0 Å². The van der Waals surface area contributed by atoms with Gasteiger partial charge in [0.05, 0.1) is 58.4 Å². The Morgan fingerprint density at radius 2 is 1.89 bits per heavy atom. The molecule has 1 aromatic carbocycles. The molecular weight excluding hydrogens is 490 g/mol. The molecule has 0 amide bonds. The topological polar surface area (TPSA) is 114 Å². The van der Waals surface area contributed by atoms with E-state index in [1.807, 2.05) is 37.5 Å². The number of ether oxygens (including phenoxy) is 1. The minimum absolute atomic E-state index is 0.372. The van der Waals surface area contributed by atoms with Crippen molar-refractivity contribution in [1.82, 2.24) is 29.4 Å². The van der Waals surface area contributed by atoms with E-state index in [1.54, 1.807) is 24.0 Å². The molecule has 1 saturated heterocycles. The van der Waals surface area contributed by atoms with Crippen molar-refractivity contribution in [3.05, 3.63) is 47.9 Å². The smallest absolute Gasteiger partial charge is 0.164 e. The lowest BCUT2D eigenvalue weighted by molar-refractivity contribution is 0.157. The number of hydrogen-bond acceptors (Lipinski definition) is 9. The Bertz CT molecular complexity index is 1410. The van der Waals surface area contributed by atoms with Crippen molar-refractivity contribution in [3.8, 4) is 28.4 Å². The highest BCUT2D eigenvalue weighted by atomic mass is 35.5. The maximum absolute atomic E-state index is 6.74. The van der Waals surface area contributed by atoms with E-state index >= 15 is 0 Å². The SMILES string of the molecule is COc1cc(N(C)CCN2CCN(C)CC2)c(N)c(-c2ncc(Cl)c(-c3cnn4ccccc34)n2)c1N. The van der Waals surface area contributed by atoms with E-state index in [9.17, 15) is 0 Å². The first-order valence-corrected chi connectivity index (χ1v) is 12.6. The van der Waals surface area contributed by atoms with Crippen LogP contribution in [0.4, 0.5) is 17.1 Å². The fourth-order valence-corrected chi connectivity index (χ4v) is 4.87. The number of nitrogens with zero attached hydrogens (tertiary/aromatic N) is 7. The molecule has 5 rings (SSSR count). The summed E-state index contributed by atoms with van der Waals surface area (Å²) in [5.74, 6) is 0.888. The molecule has 11 heteroatoms. The van der Waals surface area contributed by atoms with Crippen LogP contribution in [-0.2, 0) is 0 Å². The third kappa shape index (κ3) is 4.87. The van der Waals surface area contributed by atoms with Crippen LogP contribution in [0.2, 0.25) is 5.02 Å². The molecule has 1 fully saturated rings. The molecule has 4 heterocycles. The Morgan fingerprint density at radius 1 is 1.11 bits per heavy atom. The molecule has 4 N–H and O–H groups in total. The maximum atomic E-state index is 6.74. The summed E-state index contributed by atoms with van der Waals surface area (Å²) in [4.78, 5) is 16.3. The number of nitrogen functional groups attached to an aromatic ring is 2. The highest BCUT2D eigenvalue weighted by Gasteiger charge is 2.23. The van der Waals surface area contributed by atoms with Gasteiger partial charge in [-0.2, -0.15) is 5.10 Å². The Hall–Kier alpha value is -3.60. The van der Waals surface area contributed by atoms with E-state index in [2.05, 4.69) is 31.8 Å². The molecule has 0 saturated carbocycles. The van der Waals surface area contributed by atoms with E-state index < -0.39 is 0 Å². The summed E-state index contributed by atoms with van der Waals surface area (Å²) < 4.78 is 7.40. The first-order valence-electron chi connectivity index (χ1n) is 12.2. The van der Waals surface area contributed by atoms with Gasteiger partial charge in [-0.3, -0.25) is 4.90 Å². The second-order valence-corrected chi connectivity index (χ2v) is 9.75. The Kier molecular flexibility index (Phi) is 7.05. The molecular formula is C26H32ClN9O. The van der Waals surface area contributed by atoms with Gasteiger partial charge >= 0.3 is 0 Å². The number of halogens is 1. The highest BCUT2D eigenvalue weighted by molar-refractivity contribution is 6.33. The van der Waals surface area contributed by atoms with Gasteiger partial charge in [-0.1, -0.05) is 17.7 Å². The van der Waals surface area contributed by atoms with E-state index in [4.69, 9.17) is 32.8 Å². The zero-order valence-corrected chi connectivity index (χ0v) is 22.1. The number of methoxy groups -OCH3 is 1. The predicted octanol–water partition coefficient (Wildman–Crippen LogP) is 2.97. The van der Waals surface area contributed by atoms with Gasteiger partial charge in [0.2, 0.25) is 0 Å². The van der Waals surface area contributed by atoms with Gasteiger partial charge < -0.3 is 26.0 Å². The molecule has 3 aromatic heterocycles. The number of piperazine rings is 1. The second kappa shape index (κ2) is 10.4. The van der Waals surface area contributed by atoms with Crippen LogP contribution in [0, 0.1) is 0 Å². The van der Waals surface area contributed by atoms with Crippen molar-refractivity contribution in [2.75, 3.05) is 76.8 Å². The lowest BCUT2D eigenvalue weighted by Crippen LogP contribution is -2.46. The number of aromatic nitrogens is 4. The van der Waals surface area contributed by atoms with Crippen molar-refractivity contribution in [3.63, 3.8) is 0 Å². The van der Waals surface area contributed by atoms with Crippen LogP contribution in [0.1, 0.15) is 0 Å². The van der Waals surface area contributed by atoms with E-state index in [-0.39, 0.29) is 0 Å². The van der Waals surface area contributed by atoms with E-state index in [0.717, 1.165) is 56.0 Å². The highest BCUT2D eigenvalue weighted by Crippen LogP contribution is 2.43. The summed E-state index contributed by atoms with van der Waals surface area (Å²) in [7, 11) is 5.77. The van der Waals surface area contributed by atoms with Gasteiger partial charge in [0.15, 0.2) is 5.82 Å². The van der Waals surface area contributed by atoms with Crippen molar-refractivity contribution < 1.29 is 4.74 Å². The molecule has 0 radical (unpaired) electrons. The summed E-state index contributed by atoms with van der Waals surface area (Å²) in [6.45, 7) is 6.00. The van der Waals surface area contributed by atoms with Gasteiger partial charge in [-0.25, -0.2) is 14.5 Å². The van der Waals surface area contributed by atoms with E-state index in [1.165, 1.54) is 0 Å². The van der Waals surface area contributed by atoms with Gasteiger partial charge in [0.25, 0.3) is 0 Å². The number of benzene rings is 1. The summed E-state index contributed by atoms with van der Waals surface area (Å²) >= 11 is 6.55. The third-order valence-electron chi connectivity index (χ3n) is 6.98. The number of fused-ring (bicyclic) bond motifs is 1. The fraction of sp³-hybridized carbons (Fsp3) is 0.346. The number of likely N-dealkylation sites (N-methyl/N-ethyl adjacent to an activating group) is 2. The zero-order chi connectivity index (χ0) is 26.1. The van der Waals surface area contributed by atoms with Crippen molar-refractivity contribution in [2.24, 2.45) is 0 Å². The van der Waals surface area contributed by atoms with Crippen LogP contribution < -0.4 is 21.1 Å². The van der Waals surface area contributed by atoms with Crippen LogP contribution in [0.25, 0.3) is 28.2 Å². The fourth-order valence-electron chi connectivity index (χ4n) is 4.68. The standard InChI is InChI=1S/C26H32ClN9O/c1-33-8-11-35(12-9-33)13-10-34(2)20-14-21(37-3)24(29)22(23(20)28)26-30-16-18(27)25(32-26)17-15-31-36-7-5-4-6-19(17)36/h4-7,14-16H,8-13,28-29H2,1-3H3. The van der Waals surface area contributed by atoms with Crippen molar-refractivity contribution in [1.29, 1.82) is 0 Å². The molecule has 0 spiro atoms. The van der Waals surface area contributed by atoms with Gasteiger partial charge in [0, 0.05) is 64.1 Å². The van der Waals surface area contributed by atoms with Crippen LogP contribution in [0.3, 0.4) is 0 Å². The number of hydrogen-bond donors (Lipinski definition) is 2.